The minimum absolute atomic E-state index is 0.136. The first-order valence-corrected chi connectivity index (χ1v) is 6.95. The Kier molecular flexibility index (Phi) is 6.08. The quantitative estimate of drug-likeness (QED) is 0.495. The van der Waals surface area contributed by atoms with E-state index < -0.39 is 22.9 Å². The molecule has 1 aromatic carbocycles. The van der Waals surface area contributed by atoms with Gasteiger partial charge in [-0.15, -0.1) is 11.8 Å². The highest BCUT2D eigenvalue weighted by Crippen LogP contribution is 2.31. The lowest BCUT2D eigenvalue weighted by molar-refractivity contribution is -0.142. The number of hydrogen-bond acceptors (Lipinski definition) is 4. The molecular weight excluding hydrogens is 272 g/mol. The summed E-state index contributed by atoms with van der Waals surface area (Å²) in [6.07, 6.45) is 1.31. The molecule has 0 spiro atoms. The summed E-state index contributed by atoms with van der Waals surface area (Å²) in [5.41, 5.74) is 5.27. The van der Waals surface area contributed by atoms with Gasteiger partial charge in [-0.2, -0.15) is 0 Å². The zero-order chi connectivity index (χ0) is 14.4. The summed E-state index contributed by atoms with van der Waals surface area (Å²) >= 11 is 1.01. The number of carbonyl (C=O) groups excluding carboxylic acids is 1. The molecule has 106 valence electrons. The normalized spacial score (nSPS) is 12.2. The van der Waals surface area contributed by atoms with E-state index in [1.807, 2.05) is 6.92 Å². The predicted octanol–water partition coefficient (Wildman–Crippen LogP) is 3.37. The first-order chi connectivity index (χ1) is 8.99. The molecule has 3 nitrogen and oxygen atoms in total. The van der Waals surface area contributed by atoms with E-state index in [1.54, 1.807) is 6.92 Å². The van der Waals surface area contributed by atoms with Crippen molar-refractivity contribution >= 4 is 23.4 Å². The Morgan fingerprint density at radius 1 is 1.37 bits per heavy atom. The number of ether oxygens (including phenoxy) is 1. The van der Waals surface area contributed by atoms with Crippen LogP contribution in [0.5, 0.6) is 0 Å². The maximum atomic E-state index is 13.6. The highest BCUT2D eigenvalue weighted by molar-refractivity contribution is 8.00. The Balaban J connectivity index is 2.90. The van der Waals surface area contributed by atoms with Crippen molar-refractivity contribution in [2.45, 2.75) is 36.8 Å². The van der Waals surface area contributed by atoms with Crippen molar-refractivity contribution in [2.24, 2.45) is 0 Å². The Morgan fingerprint density at radius 2 is 2.05 bits per heavy atom. The average Bonchev–Trinajstić information content (AvgIpc) is 2.35. The fraction of sp³-hybridized carbons (Fsp3) is 0.462. The molecule has 0 radical (unpaired) electrons. The van der Waals surface area contributed by atoms with Gasteiger partial charge < -0.3 is 10.5 Å². The first kappa shape index (κ1) is 15.8. The predicted molar refractivity (Wildman–Crippen MR) is 72.0 cm³/mol. The third kappa shape index (κ3) is 4.38. The van der Waals surface area contributed by atoms with E-state index in [1.165, 1.54) is 6.07 Å². The molecule has 1 aromatic rings. The molecule has 0 heterocycles. The van der Waals surface area contributed by atoms with Crippen LogP contribution in [-0.2, 0) is 9.53 Å². The Hall–Kier alpha value is -1.30. The smallest absolute Gasteiger partial charge is 0.319 e. The monoisotopic (exact) mass is 289 g/mol. The van der Waals surface area contributed by atoms with E-state index in [-0.39, 0.29) is 17.2 Å². The second-order valence-electron chi connectivity index (χ2n) is 3.95. The largest absolute Gasteiger partial charge is 0.465 e. The number of halogens is 2. The summed E-state index contributed by atoms with van der Waals surface area (Å²) < 4.78 is 31.6. The van der Waals surface area contributed by atoms with Gasteiger partial charge in [0.25, 0.3) is 0 Å². The van der Waals surface area contributed by atoms with Crippen LogP contribution >= 0.6 is 11.8 Å². The molecule has 19 heavy (non-hydrogen) atoms. The fourth-order valence-corrected chi connectivity index (χ4v) is 2.70. The summed E-state index contributed by atoms with van der Waals surface area (Å²) in [6, 6.07) is 1.93. The van der Waals surface area contributed by atoms with Crippen LogP contribution in [0, 0.1) is 11.6 Å². The summed E-state index contributed by atoms with van der Waals surface area (Å²) in [6.45, 7) is 3.90. The number of esters is 1. The standard InChI is InChI=1S/C13H17F2NO2S/c1-3-5-11(13(17)18-4-2)19-12-7-10(16)8(14)6-9(12)15/h6-7,11H,3-5,16H2,1-2H3. The number of nitrogen functional groups attached to an aromatic ring is 1. The molecule has 0 aliphatic rings. The SMILES string of the molecule is CCCC(Sc1cc(N)c(F)cc1F)C(=O)OCC. The van der Waals surface area contributed by atoms with E-state index in [2.05, 4.69) is 0 Å². The van der Waals surface area contributed by atoms with Crippen LogP contribution in [0.4, 0.5) is 14.5 Å². The van der Waals surface area contributed by atoms with Gasteiger partial charge >= 0.3 is 5.97 Å². The number of benzene rings is 1. The van der Waals surface area contributed by atoms with Crippen LogP contribution in [0.2, 0.25) is 0 Å². The highest BCUT2D eigenvalue weighted by atomic mass is 32.2. The van der Waals surface area contributed by atoms with Crippen LogP contribution in [-0.4, -0.2) is 17.8 Å². The molecular formula is C13H17F2NO2S. The second kappa shape index (κ2) is 7.33. The lowest BCUT2D eigenvalue weighted by Crippen LogP contribution is -2.20. The van der Waals surface area contributed by atoms with E-state index in [0.717, 1.165) is 24.2 Å². The number of hydrogen-bond donors (Lipinski definition) is 1. The minimum atomic E-state index is -0.801. The van der Waals surface area contributed by atoms with Gasteiger partial charge in [0.2, 0.25) is 0 Å². The Morgan fingerprint density at radius 3 is 2.63 bits per heavy atom. The molecule has 0 saturated heterocycles. The van der Waals surface area contributed by atoms with Crippen molar-refractivity contribution in [2.75, 3.05) is 12.3 Å². The van der Waals surface area contributed by atoms with Crippen molar-refractivity contribution < 1.29 is 18.3 Å². The minimum Gasteiger partial charge on any atom is -0.465 e. The zero-order valence-electron chi connectivity index (χ0n) is 10.9. The van der Waals surface area contributed by atoms with Crippen LogP contribution in [0.1, 0.15) is 26.7 Å². The van der Waals surface area contributed by atoms with Gasteiger partial charge in [0.05, 0.1) is 12.3 Å². The molecule has 0 saturated carbocycles. The van der Waals surface area contributed by atoms with E-state index in [4.69, 9.17) is 10.5 Å². The van der Waals surface area contributed by atoms with E-state index in [9.17, 15) is 13.6 Å². The maximum absolute atomic E-state index is 13.6. The molecule has 0 bridgehead atoms. The van der Waals surface area contributed by atoms with Gasteiger partial charge in [-0.3, -0.25) is 4.79 Å². The molecule has 0 fully saturated rings. The van der Waals surface area contributed by atoms with Crippen molar-refractivity contribution in [3.05, 3.63) is 23.8 Å². The average molecular weight is 289 g/mol. The van der Waals surface area contributed by atoms with Gasteiger partial charge in [-0.1, -0.05) is 13.3 Å². The fourth-order valence-electron chi connectivity index (χ4n) is 1.51. The summed E-state index contributed by atoms with van der Waals surface area (Å²) in [4.78, 5) is 11.9. The Bertz CT molecular complexity index is 455. The van der Waals surface area contributed by atoms with Crippen molar-refractivity contribution in [1.82, 2.24) is 0 Å². The zero-order valence-corrected chi connectivity index (χ0v) is 11.7. The molecule has 0 amide bonds. The van der Waals surface area contributed by atoms with Crippen LogP contribution in [0.15, 0.2) is 17.0 Å². The Labute approximate surface area is 115 Å². The van der Waals surface area contributed by atoms with Crippen LogP contribution in [0.3, 0.4) is 0 Å². The van der Waals surface area contributed by atoms with Gasteiger partial charge in [0, 0.05) is 11.0 Å². The molecule has 1 rings (SSSR count). The number of thioether (sulfide) groups is 1. The summed E-state index contributed by atoms with van der Waals surface area (Å²) in [5.74, 6) is -1.91. The highest BCUT2D eigenvalue weighted by Gasteiger charge is 2.22. The second-order valence-corrected chi connectivity index (χ2v) is 5.20. The van der Waals surface area contributed by atoms with Gasteiger partial charge in [0.1, 0.15) is 16.9 Å². The number of rotatable bonds is 6. The summed E-state index contributed by atoms with van der Waals surface area (Å²) in [5, 5.41) is -0.510. The molecule has 1 unspecified atom stereocenters. The molecule has 0 aliphatic heterocycles. The van der Waals surface area contributed by atoms with Crippen LogP contribution in [0.25, 0.3) is 0 Å². The van der Waals surface area contributed by atoms with Gasteiger partial charge in [-0.25, -0.2) is 8.78 Å². The number of nitrogens with two attached hydrogens (primary N) is 1. The van der Waals surface area contributed by atoms with Crippen molar-refractivity contribution in [3.8, 4) is 0 Å². The van der Waals surface area contributed by atoms with Gasteiger partial charge in [-0.05, 0) is 19.4 Å². The van der Waals surface area contributed by atoms with Crippen molar-refractivity contribution in [1.29, 1.82) is 0 Å². The lowest BCUT2D eigenvalue weighted by Gasteiger charge is -2.15. The lowest BCUT2D eigenvalue weighted by atomic mass is 10.2. The van der Waals surface area contributed by atoms with E-state index in [0.29, 0.717) is 6.42 Å². The molecule has 2 N–H and O–H groups in total. The van der Waals surface area contributed by atoms with Gasteiger partial charge in [0.15, 0.2) is 0 Å². The third-order valence-electron chi connectivity index (χ3n) is 2.42. The topological polar surface area (TPSA) is 52.3 Å². The molecule has 0 aromatic heterocycles. The maximum Gasteiger partial charge on any atom is 0.319 e. The molecule has 0 aliphatic carbocycles. The third-order valence-corrected chi connectivity index (χ3v) is 3.70. The van der Waals surface area contributed by atoms with Crippen LogP contribution < -0.4 is 5.73 Å². The molecule has 1 atom stereocenters. The number of anilines is 1. The summed E-state index contributed by atoms with van der Waals surface area (Å²) in [7, 11) is 0. The molecule has 6 heteroatoms. The number of carbonyl (C=O) groups is 1. The van der Waals surface area contributed by atoms with E-state index >= 15 is 0 Å². The first-order valence-electron chi connectivity index (χ1n) is 6.07. The van der Waals surface area contributed by atoms with Crippen molar-refractivity contribution in [3.63, 3.8) is 0 Å².